The molecule has 4 heteroatoms. The van der Waals surface area contributed by atoms with Crippen molar-refractivity contribution in [3.8, 4) is 11.5 Å². The molecule has 0 bridgehead atoms. The Morgan fingerprint density at radius 1 is 1.45 bits per heavy atom. The van der Waals surface area contributed by atoms with Crippen molar-refractivity contribution in [3.63, 3.8) is 0 Å². The van der Waals surface area contributed by atoms with Crippen LogP contribution in [0.25, 0.3) is 0 Å². The van der Waals surface area contributed by atoms with Gasteiger partial charge in [-0.1, -0.05) is 19.1 Å². The van der Waals surface area contributed by atoms with Gasteiger partial charge in [-0.3, -0.25) is 4.79 Å². The normalized spacial score (nSPS) is 17.9. The van der Waals surface area contributed by atoms with Gasteiger partial charge < -0.3 is 14.4 Å². The highest BCUT2D eigenvalue weighted by Crippen LogP contribution is 2.28. The van der Waals surface area contributed by atoms with Crippen LogP contribution in [-0.4, -0.2) is 37.6 Å². The largest absolute Gasteiger partial charge is 0.493 e. The molecule has 120 valence electrons. The predicted octanol–water partition coefficient (Wildman–Crippen LogP) is 3.06. The second-order valence-corrected chi connectivity index (χ2v) is 5.85. The van der Waals surface area contributed by atoms with Crippen LogP contribution in [-0.2, 0) is 11.2 Å². The number of hydrogen-bond acceptors (Lipinski definition) is 3. The molecule has 2 rings (SSSR count). The fraction of sp³-hybridized carbons (Fsp3) is 0.500. The van der Waals surface area contributed by atoms with Crippen LogP contribution in [0.2, 0.25) is 0 Å². The van der Waals surface area contributed by atoms with Crippen molar-refractivity contribution in [2.45, 2.75) is 26.2 Å². The van der Waals surface area contributed by atoms with Gasteiger partial charge in [0, 0.05) is 13.1 Å². The van der Waals surface area contributed by atoms with Crippen molar-refractivity contribution in [3.05, 3.63) is 36.4 Å². The first-order chi connectivity index (χ1) is 10.6. The predicted molar refractivity (Wildman–Crippen MR) is 87.4 cm³/mol. The molecule has 1 fully saturated rings. The molecule has 0 aliphatic carbocycles. The molecule has 4 nitrogen and oxygen atoms in total. The van der Waals surface area contributed by atoms with Gasteiger partial charge in [-0.2, -0.15) is 0 Å². The molecule has 1 aromatic rings. The lowest BCUT2D eigenvalue weighted by molar-refractivity contribution is -0.135. The third-order valence-electron chi connectivity index (χ3n) is 3.97. The number of benzene rings is 1. The highest BCUT2D eigenvalue weighted by molar-refractivity contribution is 5.78. The number of allylic oxidation sites excluding steroid dienone is 1. The van der Waals surface area contributed by atoms with Crippen LogP contribution in [0, 0.1) is 5.92 Å². The number of amides is 1. The zero-order valence-corrected chi connectivity index (χ0v) is 13.5. The Morgan fingerprint density at radius 2 is 2.27 bits per heavy atom. The standard InChI is InChI=1S/C18H25NO3/c1-4-6-15-8-9-16(17(11-15)21-3)22-13-18(20)19-10-5-7-14(2)12-19/h4,8-9,11,14H,1,5-7,10,12-13H2,2-3H3. The van der Waals surface area contributed by atoms with Crippen molar-refractivity contribution >= 4 is 5.91 Å². The van der Waals surface area contributed by atoms with Crippen molar-refractivity contribution < 1.29 is 14.3 Å². The van der Waals surface area contributed by atoms with Crippen LogP contribution in [0.5, 0.6) is 11.5 Å². The number of rotatable bonds is 6. The number of ether oxygens (including phenoxy) is 2. The molecule has 1 heterocycles. The molecule has 0 N–H and O–H groups in total. The maximum absolute atomic E-state index is 12.2. The fourth-order valence-corrected chi connectivity index (χ4v) is 2.77. The van der Waals surface area contributed by atoms with E-state index in [0.29, 0.717) is 17.4 Å². The summed E-state index contributed by atoms with van der Waals surface area (Å²) in [6.07, 6.45) is 4.90. The molecule has 0 saturated carbocycles. The second kappa shape index (κ2) is 7.87. The average molecular weight is 303 g/mol. The van der Waals surface area contributed by atoms with Crippen molar-refractivity contribution in [1.82, 2.24) is 4.90 Å². The average Bonchev–Trinajstić information content (AvgIpc) is 2.53. The minimum atomic E-state index is 0.0452. The summed E-state index contributed by atoms with van der Waals surface area (Å²) in [6.45, 7) is 7.64. The summed E-state index contributed by atoms with van der Waals surface area (Å²) in [7, 11) is 1.61. The molecule has 1 aliphatic rings. The van der Waals surface area contributed by atoms with Crippen LogP contribution >= 0.6 is 0 Å². The van der Waals surface area contributed by atoms with Crippen LogP contribution in [0.3, 0.4) is 0 Å². The van der Waals surface area contributed by atoms with Crippen LogP contribution < -0.4 is 9.47 Å². The minimum absolute atomic E-state index is 0.0452. The van der Waals surface area contributed by atoms with E-state index in [-0.39, 0.29) is 12.5 Å². The van der Waals surface area contributed by atoms with Gasteiger partial charge in [-0.25, -0.2) is 0 Å². The van der Waals surface area contributed by atoms with E-state index in [2.05, 4.69) is 13.5 Å². The maximum Gasteiger partial charge on any atom is 0.260 e. The number of methoxy groups -OCH3 is 1. The summed E-state index contributed by atoms with van der Waals surface area (Å²) in [5.74, 6) is 1.88. The lowest BCUT2D eigenvalue weighted by Gasteiger charge is -2.30. The molecule has 1 amide bonds. The summed E-state index contributed by atoms with van der Waals surface area (Å²) in [6, 6.07) is 5.74. The van der Waals surface area contributed by atoms with Gasteiger partial charge >= 0.3 is 0 Å². The van der Waals surface area contributed by atoms with Gasteiger partial charge in [0.05, 0.1) is 7.11 Å². The number of nitrogens with zero attached hydrogens (tertiary/aromatic N) is 1. The number of carbonyl (C=O) groups is 1. The zero-order valence-electron chi connectivity index (χ0n) is 13.5. The lowest BCUT2D eigenvalue weighted by atomic mass is 10.0. The Labute approximate surface area is 132 Å². The van der Waals surface area contributed by atoms with Crippen LogP contribution in [0.1, 0.15) is 25.3 Å². The van der Waals surface area contributed by atoms with Crippen LogP contribution in [0.4, 0.5) is 0 Å². The van der Waals surface area contributed by atoms with E-state index in [0.717, 1.165) is 31.5 Å². The van der Waals surface area contributed by atoms with Crippen molar-refractivity contribution in [1.29, 1.82) is 0 Å². The van der Waals surface area contributed by atoms with E-state index in [1.807, 2.05) is 29.2 Å². The Bertz CT molecular complexity index is 527. The van der Waals surface area contributed by atoms with Crippen LogP contribution in [0.15, 0.2) is 30.9 Å². The van der Waals surface area contributed by atoms with Crippen molar-refractivity contribution in [2.24, 2.45) is 5.92 Å². The third kappa shape index (κ3) is 4.26. The monoisotopic (exact) mass is 303 g/mol. The van der Waals surface area contributed by atoms with Gasteiger partial charge in [0.1, 0.15) is 0 Å². The Kier molecular flexibility index (Phi) is 5.87. The Balaban J connectivity index is 1.95. The van der Waals surface area contributed by atoms with E-state index in [1.165, 1.54) is 6.42 Å². The summed E-state index contributed by atoms with van der Waals surface area (Å²) in [5.41, 5.74) is 1.11. The quantitative estimate of drug-likeness (QED) is 0.758. The first kappa shape index (κ1) is 16.4. The second-order valence-electron chi connectivity index (χ2n) is 5.85. The number of hydrogen-bond donors (Lipinski definition) is 0. The molecular formula is C18H25NO3. The Hall–Kier alpha value is -1.97. The fourth-order valence-electron chi connectivity index (χ4n) is 2.77. The molecule has 1 unspecified atom stereocenters. The highest BCUT2D eigenvalue weighted by Gasteiger charge is 2.21. The molecule has 22 heavy (non-hydrogen) atoms. The van der Waals surface area contributed by atoms with E-state index >= 15 is 0 Å². The van der Waals surface area contributed by atoms with Gasteiger partial charge in [0.15, 0.2) is 18.1 Å². The van der Waals surface area contributed by atoms with Gasteiger partial charge in [-0.15, -0.1) is 6.58 Å². The van der Waals surface area contributed by atoms with E-state index in [1.54, 1.807) is 7.11 Å². The smallest absolute Gasteiger partial charge is 0.260 e. The molecule has 1 aliphatic heterocycles. The molecule has 0 radical (unpaired) electrons. The molecule has 0 aromatic heterocycles. The van der Waals surface area contributed by atoms with E-state index in [4.69, 9.17) is 9.47 Å². The minimum Gasteiger partial charge on any atom is -0.493 e. The van der Waals surface area contributed by atoms with Gasteiger partial charge in [-0.05, 0) is 42.9 Å². The maximum atomic E-state index is 12.2. The third-order valence-corrected chi connectivity index (χ3v) is 3.97. The Morgan fingerprint density at radius 3 is 2.95 bits per heavy atom. The van der Waals surface area contributed by atoms with Gasteiger partial charge in [0.2, 0.25) is 0 Å². The molecular weight excluding hydrogens is 278 g/mol. The zero-order chi connectivity index (χ0) is 15.9. The summed E-state index contributed by atoms with van der Waals surface area (Å²) in [4.78, 5) is 14.1. The molecule has 1 saturated heterocycles. The van der Waals surface area contributed by atoms with E-state index in [9.17, 15) is 4.79 Å². The van der Waals surface area contributed by atoms with E-state index < -0.39 is 0 Å². The number of likely N-dealkylation sites (tertiary alicyclic amines) is 1. The molecule has 1 aromatic carbocycles. The molecule has 1 atom stereocenters. The topological polar surface area (TPSA) is 38.8 Å². The first-order valence-corrected chi connectivity index (χ1v) is 7.82. The SMILES string of the molecule is C=CCc1ccc(OCC(=O)N2CCCC(C)C2)c(OC)c1. The highest BCUT2D eigenvalue weighted by atomic mass is 16.5. The summed E-state index contributed by atoms with van der Waals surface area (Å²) in [5, 5.41) is 0. The summed E-state index contributed by atoms with van der Waals surface area (Å²) >= 11 is 0. The van der Waals surface area contributed by atoms with Gasteiger partial charge in [0.25, 0.3) is 5.91 Å². The first-order valence-electron chi connectivity index (χ1n) is 7.82. The summed E-state index contributed by atoms with van der Waals surface area (Å²) < 4.78 is 11.0. The number of carbonyl (C=O) groups excluding carboxylic acids is 1. The lowest BCUT2D eigenvalue weighted by Crippen LogP contribution is -2.41. The number of piperidine rings is 1. The molecule has 0 spiro atoms. The van der Waals surface area contributed by atoms with Crippen molar-refractivity contribution in [2.75, 3.05) is 26.8 Å².